The minimum atomic E-state index is -0.839. The number of hydrogen-bond acceptors (Lipinski definition) is 4. The number of nitrogens with one attached hydrogen (secondary N) is 1. The molecule has 110 valence electrons. The van der Waals surface area contributed by atoms with Gasteiger partial charge < -0.3 is 16.2 Å². The third-order valence-electron chi connectivity index (χ3n) is 2.84. The van der Waals surface area contributed by atoms with Crippen LogP contribution in [0.5, 0.6) is 0 Å². The molecule has 1 amide bonds. The van der Waals surface area contributed by atoms with Crippen molar-refractivity contribution in [2.24, 2.45) is 5.73 Å². The number of anilines is 1. The van der Waals surface area contributed by atoms with E-state index in [1.165, 1.54) is 18.3 Å². The molecule has 21 heavy (non-hydrogen) atoms. The van der Waals surface area contributed by atoms with Crippen molar-refractivity contribution in [2.45, 2.75) is 6.10 Å². The van der Waals surface area contributed by atoms with Crippen LogP contribution in [0.3, 0.4) is 0 Å². The van der Waals surface area contributed by atoms with Crippen molar-refractivity contribution in [3.05, 3.63) is 57.7 Å². The number of carbonyl (C=O) groups excluding carboxylic acids is 1. The molecule has 0 aliphatic heterocycles. The molecule has 2 aromatic rings. The summed E-state index contributed by atoms with van der Waals surface area (Å²) in [7, 11) is 0. The molecule has 0 aliphatic rings. The van der Waals surface area contributed by atoms with E-state index in [1.807, 2.05) is 0 Å². The average molecular weight is 326 g/mol. The summed E-state index contributed by atoms with van der Waals surface area (Å²) >= 11 is 11.8. The minimum Gasteiger partial charge on any atom is -0.387 e. The quantitative estimate of drug-likeness (QED) is 0.788. The van der Waals surface area contributed by atoms with Crippen molar-refractivity contribution in [2.75, 3.05) is 11.9 Å². The zero-order valence-corrected chi connectivity index (χ0v) is 12.4. The lowest BCUT2D eigenvalue weighted by Gasteiger charge is -2.14. The highest BCUT2D eigenvalue weighted by Gasteiger charge is 2.12. The summed E-state index contributed by atoms with van der Waals surface area (Å²) in [6.07, 6.45) is 0.623. The second-order valence-electron chi connectivity index (χ2n) is 4.36. The van der Waals surface area contributed by atoms with Gasteiger partial charge >= 0.3 is 0 Å². The van der Waals surface area contributed by atoms with Crippen LogP contribution in [0.15, 0.2) is 36.5 Å². The Bertz CT molecular complexity index is 664. The molecule has 0 saturated carbocycles. The van der Waals surface area contributed by atoms with Crippen LogP contribution in [0.4, 0.5) is 5.82 Å². The van der Waals surface area contributed by atoms with Gasteiger partial charge in [0.1, 0.15) is 5.82 Å². The van der Waals surface area contributed by atoms with Crippen LogP contribution in [-0.4, -0.2) is 22.5 Å². The first-order chi connectivity index (χ1) is 9.97. The van der Waals surface area contributed by atoms with Crippen LogP contribution in [0.1, 0.15) is 22.0 Å². The van der Waals surface area contributed by atoms with Crippen LogP contribution in [0.25, 0.3) is 0 Å². The van der Waals surface area contributed by atoms with Gasteiger partial charge in [-0.2, -0.15) is 0 Å². The molecular formula is C14H13Cl2N3O2. The molecule has 1 aromatic carbocycles. The molecule has 0 radical (unpaired) electrons. The molecule has 1 aromatic heterocycles. The standard InChI is InChI=1S/C14H13Cl2N3O2/c15-9-1-2-10(11(16)6-9)12(20)7-19-13-5-8(14(17)21)3-4-18-13/h1-6,12,20H,7H2,(H2,17,21)(H,18,19)/t12-/m0/s1. The molecule has 5 nitrogen and oxygen atoms in total. The van der Waals surface area contributed by atoms with E-state index in [1.54, 1.807) is 18.2 Å². The van der Waals surface area contributed by atoms with E-state index in [0.717, 1.165) is 0 Å². The molecule has 0 aliphatic carbocycles. The lowest BCUT2D eigenvalue weighted by atomic mass is 10.1. The van der Waals surface area contributed by atoms with E-state index in [2.05, 4.69) is 10.3 Å². The van der Waals surface area contributed by atoms with Gasteiger partial charge in [0.15, 0.2) is 0 Å². The lowest BCUT2D eigenvalue weighted by Crippen LogP contribution is -2.15. The van der Waals surface area contributed by atoms with Crippen LogP contribution in [0.2, 0.25) is 10.0 Å². The molecule has 0 fully saturated rings. The summed E-state index contributed by atoms with van der Waals surface area (Å²) in [5, 5.41) is 13.9. The second kappa shape index (κ2) is 6.76. The van der Waals surface area contributed by atoms with E-state index in [4.69, 9.17) is 28.9 Å². The Kier molecular flexibility index (Phi) is 5.01. The second-order valence-corrected chi connectivity index (χ2v) is 5.20. The van der Waals surface area contributed by atoms with Gasteiger partial charge in [-0.15, -0.1) is 0 Å². The Labute approximate surface area is 131 Å². The van der Waals surface area contributed by atoms with E-state index >= 15 is 0 Å². The number of rotatable bonds is 5. The van der Waals surface area contributed by atoms with Crippen LogP contribution in [-0.2, 0) is 0 Å². The number of aliphatic hydroxyl groups is 1. The van der Waals surface area contributed by atoms with Gasteiger partial charge in [-0.1, -0.05) is 29.3 Å². The number of nitrogens with zero attached hydrogens (tertiary/aromatic N) is 1. The summed E-state index contributed by atoms with van der Waals surface area (Å²) in [4.78, 5) is 15.1. The number of nitrogens with two attached hydrogens (primary N) is 1. The molecular weight excluding hydrogens is 313 g/mol. The molecule has 7 heteroatoms. The van der Waals surface area contributed by atoms with Crippen molar-refractivity contribution in [3.63, 3.8) is 0 Å². The van der Waals surface area contributed by atoms with Crippen LogP contribution < -0.4 is 11.1 Å². The smallest absolute Gasteiger partial charge is 0.248 e. The Morgan fingerprint density at radius 3 is 2.76 bits per heavy atom. The van der Waals surface area contributed by atoms with Crippen molar-refractivity contribution in [3.8, 4) is 0 Å². The highest BCUT2D eigenvalue weighted by molar-refractivity contribution is 6.35. The largest absolute Gasteiger partial charge is 0.387 e. The Hall–Kier alpha value is -1.82. The number of pyridine rings is 1. The number of hydrogen-bond donors (Lipinski definition) is 3. The predicted octanol–water partition coefficient (Wildman–Crippen LogP) is 2.63. The van der Waals surface area contributed by atoms with Crippen molar-refractivity contribution < 1.29 is 9.90 Å². The molecule has 1 heterocycles. The van der Waals surface area contributed by atoms with Gasteiger partial charge in [0.25, 0.3) is 0 Å². The summed E-state index contributed by atoms with van der Waals surface area (Å²) < 4.78 is 0. The third kappa shape index (κ3) is 4.07. The van der Waals surface area contributed by atoms with Gasteiger partial charge in [-0.25, -0.2) is 4.98 Å². The first-order valence-corrected chi connectivity index (χ1v) is 6.85. The van der Waals surface area contributed by atoms with Crippen LogP contribution >= 0.6 is 23.2 Å². The molecule has 1 atom stereocenters. The number of carbonyl (C=O) groups is 1. The number of aromatic nitrogens is 1. The minimum absolute atomic E-state index is 0.177. The fraction of sp³-hybridized carbons (Fsp3) is 0.143. The summed E-state index contributed by atoms with van der Waals surface area (Å²) in [6.45, 7) is 0.177. The Balaban J connectivity index is 2.05. The van der Waals surface area contributed by atoms with E-state index < -0.39 is 12.0 Å². The topological polar surface area (TPSA) is 88.2 Å². The summed E-state index contributed by atoms with van der Waals surface area (Å²) in [6, 6.07) is 7.90. The van der Waals surface area contributed by atoms with Gasteiger partial charge in [-0.3, -0.25) is 4.79 Å². The highest BCUT2D eigenvalue weighted by atomic mass is 35.5. The van der Waals surface area contributed by atoms with Gasteiger partial charge in [0, 0.05) is 33.9 Å². The maximum atomic E-state index is 11.1. The zero-order valence-electron chi connectivity index (χ0n) is 10.9. The molecule has 0 saturated heterocycles. The van der Waals surface area contributed by atoms with E-state index in [-0.39, 0.29) is 6.54 Å². The maximum Gasteiger partial charge on any atom is 0.248 e. The Morgan fingerprint density at radius 2 is 2.10 bits per heavy atom. The average Bonchev–Trinajstić information content (AvgIpc) is 2.45. The Morgan fingerprint density at radius 1 is 1.33 bits per heavy atom. The molecule has 0 unspecified atom stereocenters. The summed E-state index contributed by atoms with van der Waals surface area (Å²) in [5.41, 5.74) is 6.08. The molecule has 2 rings (SSSR count). The monoisotopic (exact) mass is 325 g/mol. The van der Waals surface area contributed by atoms with E-state index in [0.29, 0.717) is 27.0 Å². The van der Waals surface area contributed by atoms with Gasteiger partial charge in [0.05, 0.1) is 6.10 Å². The predicted molar refractivity (Wildman–Crippen MR) is 82.7 cm³/mol. The van der Waals surface area contributed by atoms with Gasteiger partial charge in [0.2, 0.25) is 5.91 Å². The van der Waals surface area contributed by atoms with Crippen LogP contribution in [0, 0.1) is 0 Å². The number of halogens is 2. The summed E-state index contributed by atoms with van der Waals surface area (Å²) in [5.74, 6) is -0.0998. The van der Waals surface area contributed by atoms with E-state index in [9.17, 15) is 9.90 Å². The lowest BCUT2D eigenvalue weighted by molar-refractivity contribution is 0.1000. The molecule has 4 N–H and O–H groups in total. The SMILES string of the molecule is NC(=O)c1ccnc(NC[C@H](O)c2ccc(Cl)cc2Cl)c1. The third-order valence-corrected chi connectivity index (χ3v) is 3.40. The van der Waals surface area contributed by atoms with Crippen molar-refractivity contribution >= 4 is 34.9 Å². The molecule has 0 spiro atoms. The number of benzene rings is 1. The number of primary amides is 1. The van der Waals surface area contributed by atoms with Crippen molar-refractivity contribution in [1.29, 1.82) is 0 Å². The van der Waals surface area contributed by atoms with Crippen molar-refractivity contribution in [1.82, 2.24) is 4.98 Å². The normalized spacial score (nSPS) is 12.0. The first-order valence-electron chi connectivity index (χ1n) is 6.10. The fourth-order valence-corrected chi connectivity index (χ4v) is 2.30. The fourth-order valence-electron chi connectivity index (χ4n) is 1.76. The highest BCUT2D eigenvalue weighted by Crippen LogP contribution is 2.26. The maximum absolute atomic E-state index is 11.1. The number of aliphatic hydroxyl groups excluding tert-OH is 1. The first kappa shape index (κ1) is 15.6. The zero-order chi connectivity index (χ0) is 15.4. The number of amides is 1. The van der Waals surface area contributed by atoms with Gasteiger partial charge in [-0.05, 0) is 24.3 Å². The molecule has 0 bridgehead atoms.